The molecule has 2 aliphatic rings. The van der Waals surface area contributed by atoms with Crippen LogP contribution in [-0.4, -0.2) is 59.5 Å². The van der Waals surface area contributed by atoms with Gasteiger partial charge in [-0.3, -0.25) is 4.79 Å². The molecule has 3 heterocycles. The smallest absolute Gasteiger partial charge is 0.257 e. The molecule has 148 valence electrons. The van der Waals surface area contributed by atoms with Gasteiger partial charge in [-0.1, -0.05) is 12.1 Å². The highest BCUT2D eigenvalue weighted by Gasteiger charge is 2.29. The van der Waals surface area contributed by atoms with E-state index in [2.05, 4.69) is 16.9 Å². The van der Waals surface area contributed by atoms with Gasteiger partial charge in [-0.15, -0.1) is 0 Å². The van der Waals surface area contributed by atoms with Crippen LogP contribution in [0, 0.1) is 6.92 Å². The second kappa shape index (κ2) is 7.87. The number of fused-ring (bicyclic) bond motifs is 1. The largest absolute Gasteiger partial charge is 0.496 e. The normalized spacial score (nSPS) is 20.0. The lowest BCUT2D eigenvalue weighted by atomic mass is 9.95. The predicted molar refractivity (Wildman–Crippen MR) is 108 cm³/mol. The van der Waals surface area contributed by atoms with E-state index >= 15 is 0 Å². The molecule has 0 bridgehead atoms. The third-order valence-corrected chi connectivity index (χ3v) is 5.86. The lowest BCUT2D eigenvalue weighted by Crippen LogP contribution is -2.40. The molecule has 0 spiro atoms. The minimum Gasteiger partial charge on any atom is -0.496 e. The third-order valence-electron chi connectivity index (χ3n) is 5.86. The molecular weight excluding hydrogens is 352 g/mol. The number of hydrogen-bond acceptors (Lipinski definition) is 5. The van der Waals surface area contributed by atoms with E-state index < -0.39 is 0 Å². The van der Waals surface area contributed by atoms with Crippen LogP contribution in [0.4, 0.5) is 0 Å². The highest BCUT2D eigenvalue weighted by atomic mass is 16.5. The van der Waals surface area contributed by atoms with Gasteiger partial charge in [0.1, 0.15) is 11.6 Å². The zero-order valence-electron chi connectivity index (χ0n) is 16.9. The maximum Gasteiger partial charge on any atom is 0.257 e. The summed E-state index contributed by atoms with van der Waals surface area (Å²) in [4.78, 5) is 27.0. The van der Waals surface area contributed by atoms with Gasteiger partial charge in [-0.05, 0) is 38.4 Å². The van der Waals surface area contributed by atoms with Gasteiger partial charge in [0.05, 0.1) is 12.7 Å². The van der Waals surface area contributed by atoms with Crippen LogP contribution in [-0.2, 0) is 13.0 Å². The fourth-order valence-corrected chi connectivity index (χ4v) is 4.30. The number of nitrogens with zero attached hydrogens (tertiary/aromatic N) is 4. The molecule has 1 amide bonds. The van der Waals surface area contributed by atoms with Gasteiger partial charge in [0.25, 0.3) is 5.91 Å². The van der Waals surface area contributed by atoms with Crippen molar-refractivity contribution in [2.24, 2.45) is 0 Å². The molecule has 1 aromatic carbocycles. The Labute approximate surface area is 166 Å². The van der Waals surface area contributed by atoms with Crippen molar-refractivity contribution in [2.45, 2.75) is 38.6 Å². The highest BCUT2D eigenvalue weighted by Crippen LogP contribution is 2.30. The van der Waals surface area contributed by atoms with Gasteiger partial charge in [-0.2, -0.15) is 0 Å². The standard InChI is InChI=1S/C22H28N4O2/c1-15-6-4-8-18(20(15)28-3)22(27)26-10-5-7-16(14-26)21-23-12-17-13-25(2)11-9-19(17)24-21/h4,6,8,12,16H,5,7,9-11,13-14H2,1-3H3. The third kappa shape index (κ3) is 3.61. The number of methoxy groups -OCH3 is 1. The first-order valence-corrected chi connectivity index (χ1v) is 10.0. The summed E-state index contributed by atoms with van der Waals surface area (Å²) in [6.45, 7) is 5.34. The molecule has 1 unspecified atom stereocenters. The van der Waals surface area contributed by atoms with Crippen molar-refractivity contribution in [3.05, 3.63) is 52.6 Å². The van der Waals surface area contributed by atoms with E-state index in [4.69, 9.17) is 9.72 Å². The van der Waals surface area contributed by atoms with E-state index in [1.165, 1.54) is 11.3 Å². The molecular formula is C22H28N4O2. The Morgan fingerprint density at radius 2 is 2.14 bits per heavy atom. The lowest BCUT2D eigenvalue weighted by molar-refractivity contribution is 0.0701. The Kier molecular flexibility index (Phi) is 5.31. The van der Waals surface area contributed by atoms with Crippen molar-refractivity contribution in [3.63, 3.8) is 0 Å². The van der Waals surface area contributed by atoms with Crippen LogP contribution in [0.5, 0.6) is 5.75 Å². The molecule has 0 aliphatic carbocycles. The van der Waals surface area contributed by atoms with Crippen LogP contribution in [0.15, 0.2) is 24.4 Å². The molecule has 6 nitrogen and oxygen atoms in total. The number of likely N-dealkylation sites (tertiary alicyclic amines) is 1. The van der Waals surface area contributed by atoms with Crippen LogP contribution < -0.4 is 4.74 Å². The monoisotopic (exact) mass is 380 g/mol. The van der Waals surface area contributed by atoms with Gasteiger partial charge in [-0.25, -0.2) is 9.97 Å². The van der Waals surface area contributed by atoms with Crippen molar-refractivity contribution in [2.75, 3.05) is 33.8 Å². The molecule has 1 saturated heterocycles. The average Bonchev–Trinajstić information content (AvgIpc) is 2.72. The Hall–Kier alpha value is -2.47. The van der Waals surface area contributed by atoms with E-state index in [1.807, 2.05) is 36.2 Å². The zero-order valence-corrected chi connectivity index (χ0v) is 16.9. The van der Waals surface area contributed by atoms with Gasteiger partial charge < -0.3 is 14.5 Å². The Morgan fingerprint density at radius 1 is 1.29 bits per heavy atom. The molecule has 1 atom stereocenters. The van der Waals surface area contributed by atoms with Crippen molar-refractivity contribution in [3.8, 4) is 5.75 Å². The van der Waals surface area contributed by atoms with E-state index in [1.54, 1.807) is 7.11 Å². The van der Waals surface area contributed by atoms with Crippen molar-refractivity contribution in [1.29, 1.82) is 0 Å². The van der Waals surface area contributed by atoms with E-state index in [0.717, 1.165) is 50.3 Å². The number of carbonyl (C=O) groups is 1. The van der Waals surface area contributed by atoms with Crippen LogP contribution in [0.2, 0.25) is 0 Å². The molecule has 4 rings (SSSR count). The van der Waals surface area contributed by atoms with Crippen LogP contribution >= 0.6 is 0 Å². The summed E-state index contributed by atoms with van der Waals surface area (Å²) in [5.74, 6) is 1.78. The fraction of sp³-hybridized carbons (Fsp3) is 0.500. The first kappa shape index (κ1) is 18.9. The number of rotatable bonds is 3. The molecule has 0 N–H and O–H groups in total. The average molecular weight is 380 g/mol. The maximum atomic E-state index is 13.2. The Morgan fingerprint density at radius 3 is 2.96 bits per heavy atom. The number of amides is 1. The summed E-state index contributed by atoms with van der Waals surface area (Å²) in [7, 11) is 3.75. The molecule has 2 aromatic rings. The van der Waals surface area contributed by atoms with Crippen molar-refractivity contribution in [1.82, 2.24) is 19.8 Å². The maximum absolute atomic E-state index is 13.2. The molecule has 1 aromatic heterocycles. The van der Waals surface area contributed by atoms with Gasteiger partial charge >= 0.3 is 0 Å². The van der Waals surface area contributed by atoms with Crippen LogP contribution in [0.25, 0.3) is 0 Å². The van der Waals surface area contributed by atoms with Crippen LogP contribution in [0.1, 0.15) is 51.8 Å². The van der Waals surface area contributed by atoms with Gasteiger partial charge in [0.2, 0.25) is 0 Å². The first-order valence-electron chi connectivity index (χ1n) is 10.0. The van der Waals surface area contributed by atoms with Crippen LogP contribution in [0.3, 0.4) is 0 Å². The minimum atomic E-state index is 0.0323. The molecule has 1 fully saturated rings. The quantitative estimate of drug-likeness (QED) is 0.820. The molecule has 0 radical (unpaired) electrons. The molecule has 0 saturated carbocycles. The number of aromatic nitrogens is 2. The fourth-order valence-electron chi connectivity index (χ4n) is 4.30. The number of piperidine rings is 1. The SMILES string of the molecule is COc1c(C)cccc1C(=O)N1CCCC(c2ncc3c(n2)CCN(C)C3)C1. The Balaban J connectivity index is 1.54. The number of benzene rings is 1. The summed E-state index contributed by atoms with van der Waals surface area (Å²) in [5, 5.41) is 0. The van der Waals surface area contributed by atoms with E-state index in [-0.39, 0.29) is 11.8 Å². The summed E-state index contributed by atoms with van der Waals surface area (Å²) in [6.07, 6.45) is 4.94. The van der Waals surface area contributed by atoms with Gasteiger partial charge in [0.15, 0.2) is 0 Å². The Bertz CT molecular complexity index is 883. The zero-order chi connectivity index (χ0) is 19.7. The lowest BCUT2D eigenvalue weighted by Gasteiger charge is -2.33. The number of carbonyl (C=O) groups excluding carboxylic acids is 1. The second-order valence-electron chi connectivity index (χ2n) is 7.93. The number of aryl methyl sites for hydroxylation is 1. The highest BCUT2D eigenvalue weighted by molar-refractivity contribution is 5.97. The number of hydrogen-bond donors (Lipinski definition) is 0. The summed E-state index contributed by atoms with van der Waals surface area (Å²) < 4.78 is 5.49. The summed E-state index contributed by atoms with van der Waals surface area (Å²) in [5.41, 5.74) is 4.01. The van der Waals surface area contributed by atoms with Gasteiger partial charge in [0, 0.05) is 56.0 Å². The number of likely N-dealkylation sites (N-methyl/N-ethyl adjacent to an activating group) is 1. The molecule has 6 heteroatoms. The van der Waals surface area contributed by atoms with E-state index in [0.29, 0.717) is 17.9 Å². The number of ether oxygens (including phenoxy) is 1. The summed E-state index contributed by atoms with van der Waals surface area (Å²) in [6, 6.07) is 5.73. The number of para-hydroxylation sites is 1. The first-order chi connectivity index (χ1) is 13.6. The second-order valence-corrected chi connectivity index (χ2v) is 7.93. The predicted octanol–water partition coefficient (Wildman–Crippen LogP) is 2.80. The molecule has 28 heavy (non-hydrogen) atoms. The van der Waals surface area contributed by atoms with Crippen molar-refractivity contribution < 1.29 is 9.53 Å². The van der Waals surface area contributed by atoms with E-state index in [9.17, 15) is 4.79 Å². The van der Waals surface area contributed by atoms with Crippen molar-refractivity contribution >= 4 is 5.91 Å². The minimum absolute atomic E-state index is 0.0323. The molecule has 2 aliphatic heterocycles. The topological polar surface area (TPSA) is 58.6 Å². The summed E-state index contributed by atoms with van der Waals surface area (Å²) >= 11 is 0.